The maximum absolute atomic E-state index is 12.0. The van der Waals surface area contributed by atoms with Gasteiger partial charge in [0.2, 0.25) is 0 Å². The molecule has 9 nitrogen and oxygen atoms in total. The third-order valence-electron chi connectivity index (χ3n) is 4.17. The molecule has 1 saturated heterocycles. The number of carbonyl (C=O) groups is 2. The zero-order valence-electron chi connectivity index (χ0n) is 15.5. The normalized spacial score (nSPS) is 14.9. The standard InChI is InChI=1S/C19H16IN3O6/c1-22-18(24)15(21-19(22)25)8-12-7-14(20)17(16(9-12)28-2)29-10-11-3-5-13(6-4-11)23(26)27/h3-9H,10H2,1-2H3,(H,21,25)/b15-8+. The van der Waals surface area contributed by atoms with Gasteiger partial charge in [-0.15, -0.1) is 0 Å². The van der Waals surface area contributed by atoms with Gasteiger partial charge < -0.3 is 14.8 Å². The summed E-state index contributed by atoms with van der Waals surface area (Å²) in [6.07, 6.45) is 1.56. The highest BCUT2D eigenvalue weighted by Gasteiger charge is 2.30. The van der Waals surface area contributed by atoms with Gasteiger partial charge in [-0.3, -0.25) is 19.8 Å². The molecule has 0 radical (unpaired) electrons. The highest BCUT2D eigenvalue weighted by atomic mass is 127. The van der Waals surface area contributed by atoms with Crippen LogP contribution in [-0.2, 0) is 11.4 Å². The van der Waals surface area contributed by atoms with Gasteiger partial charge in [-0.25, -0.2) is 4.79 Å². The van der Waals surface area contributed by atoms with Crippen LogP contribution in [0.4, 0.5) is 10.5 Å². The average molecular weight is 509 g/mol. The highest BCUT2D eigenvalue weighted by Crippen LogP contribution is 2.35. The molecule has 0 atom stereocenters. The van der Waals surface area contributed by atoms with Crippen LogP contribution in [0.15, 0.2) is 42.1 Å². The van der Waals surface area contributed by atoms with Crippen molar-refractivity contribution in [2.24, 2.45) is 0 Å². The number of ether oxygens (including phenoxy) is 2. The molecule has 1 heterocycles. The lowest BCUT2D eigenvalue weighted by molar-refractivity contribution is -0.384. The van der Waals surface area contributed by atoms with E-state index in [0.717, 1.165) is 14.0 Å². The van der Waals surface area contributed by atoms with Crippen LogP contribution in [-0.4, -0.2) is 35.9 Å². The quantitative estimate of drug-likeness (QED) is 0.210. The molecule has 1 fully saturated rings. The SMILES string of the molecule is COc1cc(/C=C2/NC(=O)N(C)C2=O)cc(I)c1OCc1ccc([N+](=O)[O-])cc1. The maximum atomic E-state index is 12.0. The number of nitrogens with zero attached hydrogens (tertiary/aromatic N) is 2. The van der Waals surface area contributed by atoms with Gasteiger partial charge in [0, 0.05) is 19.2 Å². The Balaban J connectivity index is 1.81. The largest absolute Gasteiger partial charge is 0.493 e. The molecule has 0 aromatic heterocycles. The summed E-state index contributed by atoms with van der Waals surface area (Å²) in [6.45, 7) is 0.199. The Hall–Kier alpha value is -3.15. The minimum absolute atomic E-state index is 0.0116. The summed E-state index contributed by atoms with van der Waals surface area (Å²) in [5.41, 5.74) is 1.61. The number of nitro benzene ring substituents is 1. The molecule has 29 heavy (non-hydrogen) atoms. The van der Waals surface area contributed by atoms with Crippen LogP contribution in [0.3, 0.4) is 0 Å². The fraction of sp³-hybridized carbons (Fsp3) is 0.158. The second kappa shape index (κ2) is 8.47. The second-order valence-electron chi connectivity index (χ2n) is 6.10. The number of imide groups is 1. The van der Waals surface area contributed by atoms with Crippen molar-refractivity contribution in [1.82, 2.24) is 10.2 Å². The topological polar surface area (TPSA) is 111 Å². The van der Waals surface area contributed by atoms with Crippen LogP contribution in [0, 0.1) is 13.7 Å². The lowest BCUT2D eigenvalue weighted by Gasteiger charge is -2.14. The van der Waals surface area contributed by atoms with E-state index in [1.165, 1.54) is 26.3 Å². The third-order valence-corrected chi connectivity index (χ3v) is 4.98. The molecular formula is C19H16IN3O6. The maximum Gasteiger partial charge on any atom is 0.328 e. The molecule has 150 valence electrons. The van der Waals surface area contributed by atoms with E-state index in [-0.39, 0.29) is 18.0 Å². The Kier molecular flexibility index (Phi) is 6.01. The molecule has 10 heteroatoms. The molecule has 1 aliphatic rings. The fourth-order valence-corrected chi connectivity index (χ4v) is 3.40. The molecule has 0 saturated carbocycles. The number of carbonyl (C=O) groups excluding carboxylic acids is 2. The molecule has 0 spiro atoms. The van der Waals surface area contributed by atoms with Gasteiger partial charge in [0.05, 0.1) is 15.6 Å². The first kappa shape index (κ1) is 20.6. The molecule has 3 amide bonds. The fourth-order valence-electron chi connectivity index (χ4n) is 2.62. The van der Waals surface area contributed by atoms with Crippen LogP contribution in [0.2, 0.25) is 0 Å². The van der Waals surface area contributed by atoms with Crippen LogP contribution < -0.4 is 14.8 Å². The summed E-state index contributed by atoms with van der Waals surface area (Å²) in [5.74, 6) is 0.547. The van der Waals surface area contributed by atoms with Gasteiger partial charge in [0.1, 0.15) is 12.3 Å². The summed E-state index contributed by atoms with van der Waals surface area (Å²) in [5, 5.41) is 13.2. The van der Waals surface area contributed by atoms with Gasteiger partial charge >= 0.3 is 6.03 Å². The first-order valence-corrected chi connectivity index (χ1v) is 9.42. The van der Waals surface area contributed by atoms with E-state index in [2.05, 4.69) is 27.9 Å². The number of non-ortho nitro benzene ring substituents is 1. The zero-order chi connectivity index (χ0) is 21.1. The molecule has 0 bridgehead atoms. The number of benzene rings is 2. The minimum atomic E-state index is -0.481. The van der Waals surface area contributed by atoms with E-state index in [4.69, 9.17) is 9.47 Å². The van der Waals surface area contributed by atoms with E-state index < -0.39 is 16.9 Å². The van der Waals surface area contributed by atoms with Crippen molar-refractivity contribution in [3.8, 4) is 11.5 Å². The number of halogens is 1. The number of nitro groups is 1. The van der Waals surface area contributed by atoms with Crippen molar-refractivity contribution < 1.29 is 24.0 Å². The van der Waals surface area contributed by atoms with Crippen LogP contribution in [0.1, 0.15) is 11.1 Å². The van der Waals surface area contributed by atoms with Crippen molar-refractivity contribution in [3.05, 3.63) is 66.9 Å². The van der Waals surface area contributed by atoms with Gasteiger partial charge in [-0.1, -0.05) is 0 Å². The van der Waals surface area contributed by atoms with Crippen molar-refractivity contribution in [2.45, 2.75) is 6.61 Å². The van der Waals surface area contributed by atoms with E-state index >= 15 is 0 Å². The van der Waals surface area contributed by atoms with Crippen LogP contribution >= 0.6 is 22.6 Å². The Bertz CT molecular complexity index is 1020. The number of rotatable bonds is 6. The molecule has 3 rings (SSSR count). The molecule has 0 aliphatic carbocycles. The summed E-state index contributed by atoms with van der Waals surface area (Å²) >= 11 is 2.09. The Labute approximate surface area is 179 Å². The Morgan fingerprint density at radius 1 is 1.24 bits per heavy atom. The van der Waals surface area contributed by atoms with Crippen LogP contribution in [0.25, 0.3) is 6.08 Å². The number of nitrogens with one attached hydrogen (secondary N) is 1. The van der Waals surface area contributed by atoms with Gasteiger partial charge in [-0.05, 0) is 64.1 Å². The number of hydrogen-bond donors (Lipinski definition) is 1. The van der Waals surface area contributed by atoms with E-state index in [0.29, 0.717) is 17.1 Å². The van der Waals surface area contributed by atoms with E-state index in [9.17, 15) is 19.7 Å². The summed E-state index contributed by atoms with van der Waals surface area (Å²) in [7, 11) is 2.90. The van der Waals surface area contributed by atoms with Crippen molar-refractivity contribution in [2.75, 3.05) is 14.2 Å². The smallest absolute Gasteiger partial charge is 0.328 e. The first-order valence-electron chi connectivity index (χ1n) is 8.34. The Morgan fingerprint density at radius 3 is 2.48 bits per heavy atom. The summed E-state index contributed by atoms with van der Waals surface area (Å²) < 4.78 is 12.0. The number of hydrogen-bond acceptors (Lipinski definition) is 6. The number of urea groups is 1. The second-order valence-corrected chi connectivity index (χ2v) is 7.26. The van der Waals surface area contributed by atoms with Crippen molar-refractivity contribution in [1.29, 1.82) is 0 Å². The minimum Gasteiger partial charge on any atom is -0.493 e. The van der Waals surface area contributed by atoms with Gasteiger partial charge in [-0.2, -0.15) is 0 Å². The Morgan fingerprint density at radius 2 is 1.93 bits per heavy atom. The number of methoxy groups -OCH3 is 1. The first-order chi connectivity index (χ1) is 13.8. The predicted molar refractivity (Wildman–Crippen MR) is 112 cm³/mol. The average Bonchev–Trinajstić information content (AvgIpc) is 2.93. The van der Waals surface area contributed by atoms with Gasteiger partial charge in [0.25, 0.3) is 11.6 Å². The molecule has 2 aromatic rings. The van der Waals surface area contributed by atoms with Crippen molar-refractivity contribution in [3.63, 3.8) is 0 Å². The lowest BCUT2D eigenvalue weighted by Crippen LogP contribution is -2.25. The molecule has 0 unspecified atom stereocenters. The third kappa shape index (κ3) is 4.47. The molecule has 2 aromatic carbocycles. The monoisotopic (exact) mass is 509 g/mol. The molecule has 1 aliphatic heterocycles. The van der Waals surface area contributed by atoms with Gasteiger partial charge in [0.15, 0.2) is 11.5 Å². The summed E-state index contributed by atoms with van der Waals surface area (Å²) in [6, 6.07) is 9.09. The molecule has 1 N–H and O–H groups in total. The van der Waals surface area contributed by atoms with Crippen molar-refractivity contribution >= 4 is 46.3 Å². The highest BCUT2D eigenvalue weighted by molar-refractivity contribution is 14.1. The van der Waals surface area contributed by atoms with E-state index in [1.54, 1.807) is 30.3 Å². The van der Waals surface area contributed by atoms with Crippen LogP contribution in [0.5, 0.6) is 11.5 Å². The summed E-state index contributed by atoms with van der Waals surface area (Å²) in [4.78, 5) is 34.9. The number of amides is 3. The predicted octanol–water partition coefficient (Wildman–Crippen LogP) is 3.31. The number of likely N-dealkylation sites (N-methyl/N-ethyl adjacent to an activating group) is 1. The molecular weight excluding hydrogens is 493 g/mol. The van der Waals surface area contributed by atoms with E-state index in [1.807, 2.05) is 0 Å². The zero-order valence-corrected chi connectivity index (χ0v) is 17.6. The lowest BCUT2D eigenvalue weighted by atomic mass is 10.1.